The van der Waals surface area contributed by atoms with E-state index in [1.807, 2.05) is 23.1 Å². The molecular weight excluding hydrogens is 394 g/mol. The maximum atomic E-state index is 12.9. The summed E-state index contributed by atoms with van der Waals surface area (Å²) in [6, 6.07) is 8.75. The summed E-state index contributed by atoms with van der Waals surface area (Å²) in [5, 5.41) is 11.4. The first-order valence-corrected chi connectivity index (χ1v) is 10.5. The third-order valence-electron chi connectivity index (χ3n) is 5.01. The largest absolute Gasteiger partial charge is 0.490 e. The highest BCUT2D eigenvalue weighted by molar-refractivity contribution is 8.00. The van der Waals surface area contributed by atoms with Crippen molar-refractivity contribution in [3.63, 3.8) is 0 Å². The zero-order valence-electron chi connectivity index (χ0n) is 15.8. The van der Waals surface area contributed by atoms with E-state index in [4.69, 9.17) is 9.47 Å². The summed E-state index contributed by atoms with van der Waals surface area (Å²) in [4.78, 5) is 29.4. The highest BCUT2D eigenvalue weighted by Gasteiger charge is 2.31. The minimum Gasteiger partial charge on any atom is -0.490 e. The molecule has 8 nitrogen and oxygen atoms in total. The summed E-state index contributed by atoms with van der Waals surface area (Å²) < 4.78 is 11.5. The molecular formula is C20H21N3O5S. The fourth-order valence-electron chi connectivity index (χ4n) is 3.64. The number of benzene rings is 1. The first kappa shape index (κ1) is 19.5. The van der Waals surface area contributed by atoms with Gasteiger partial charge < -0.3 is 14.4 Å². The summed E-state index contributed by atoms with van der Waals surface area (Å²) >= 11 is 1.10. The van der Waals surface area contributed by atoms with Crippen LogP contribution in [0.15, 0.2) is 41.6 Å². The van der Waals surface area contributed by atoms with Gasteiger partial charge in [-0.15, -0.1) is 0 Å². The molecule has 2 aromatic rings. The van der Waals surface area contributed by atoms with Crippen molar-refractivity contribution in [2.24, 2.45) is 0 Å². The van der Waals surface area contributed by atoms with E-state index in [0.717, 1.165) is 48.1 Å². The topological polar surface area (TPSA) is 94.8 Å². The normalized spacial score (nSPS) is 18.3. The Morgan fingerprint density at radius 3 is 2.90 bits per heavy atom. The van der Waals surface area contributed by atoms with E-state index in [-0.39, 0.29) is 28.4 Å². The van der Waals surface area contributed by atoms with Crippen LogP contribution < -0.4 is 9.47 Å². The Kier molecular flexibility index (Phi) is 5.84. The van der Waals surface area contributed by atoms with Gasteiger partial charge in [-0.05, 0) is 36.6 Å². The number of amides is 1. The maximum Gasteiger partial charge on any atom is 0.301 e. The third kappa shape index (κ3) is 4.29. The van der Waals surface area contributed by atoms with Crippen LogP contribution in [0.3, 0.4) is 0 Å². The predicted molar refractivity (Wildman–Crippen MR) is 107 cm³/mol. The van der Waals surface area contributed by atoms with Gasteiger partial charge in [0.05, 0.1) is 29.9 Å². The first-order valence-electron chi connectivity index (χ1n) is 9.54. The molecule has 0 N–H and O–H groups in total. The molecule has 29 heavy (non-hydrogen) atoms. The Bertz CT molecular complexity index is 923. The molecule has 1 atom stereocenters. The van der Waals surface area contributed by atoms with Gasteiger partial charge in [0.25, 0.3) is 0 Å². The van der Waals surface area contributed by atoms with E-state index in [1.165, 1.54) is 18.3 Å². The smallest absolute Gasteiger partial charge is 0.301 e. The Balaban J connectivity index is 1.47. The molecule has 0 unspecified atom stereocenters. The predicted octanol–water partition coefficient (Wildman–Crippen LogP) is 3.61. The van der Waals surface area contributed by atoms with Gasteiger partial charge in [-0.2, -0.15) is 0 Å². The van der Waals surface area contributed by atoms with Gasteiger partial charge in [-0.1, -0.05) is 17.8 Å². The lowest BCUT2D eigenvalue weighted by Crippen LogP contribution is -2.32. The Labute approximate surface area is 172 Å². The SMILES string of the molecule is O=C(CSc1ncccc1[N+](=O)[O-])N1CCC[C@H]1c1ccc2c(c1)OCCCO2. The lowest BCUT2D eigenvalue weighted by atomic mass is 10.0. The average molecular weight is 415 g/mol. The first-order chi connectivity index (χ1) is 14.1. The number of ether oxygens (including phenoxy) is 2. The van der Waals surface area contributed by atoms with Crippen molar-refractivity contribution in [1.82, 2.24) is 9.88 Å². The molecule has 0 radical (unpaired) electrons. The Morgan fingerprint density at radius 1 is 1.24 bits per heavy atom. The quantitative estimate of drug-likeness (QED) is 0.418. The highest BCUT2D eigenvalue weighted by atomic mass is 32.2. The third-order valence-corrected chi connectivity index (χ3v) is 5.99. The molecule has 0 saturated carbocycles. The number of rotatable bonds is 5. The number of thioether (sulfide) groups is 1. The zero-order valence-corrected chi connectivity index (χ0v) is 16.6. The van der Waals surface area contributed by atoms with Crippen molar-refractivity contribution in [2.75, 3.05) is 25.5 Å². The number of fused-ring (bicyclic) bond motifs is 1. The van der Waals surface area contributed by atoms with Crippen molar-refractivity contribution >= 4 is 23.4 Å². The fourth-order valence-corrected chi connectivity index (χ4v) is 4.50. The summed E-state index contributed by atoms with van der Waals surface area (Å²) in [7, 11) is 0. The average Bonchev–Trinajstić information content (AvgIpc) is 3.11. The number of nitro groups is 1. The van der Waals surface area contributed by atoms with Gasteiger partial charge in [-0.25, -0.2) is 4.98 Å². The molecule has 2 aliphatic rings. The number of carbonyl (C=O) groups is 1. The van der Waals surface area contributed by atoms with E-state index < -0.39 is 4.92 Å². The summed E-state index contributed by atoms with van der Waals surface area (Å²) in [5.41, 5.74) is 0.945. The molecule has 1 saturated heterocycles. The van der Waals surface area contributed by atoms with Crippen LogP contribution in [-0.2, 0) is 4.79 Å². The highest BCUT2D eigenvalue weighted by Crippen LogP contribution is 2.38. The lowest BCUT2D eigenvalue weighted by Gasteiger charge is -2.25. The molecule has 9 heteroatoms. The number of hydrogen-bond acceptors (Lipinski definition) is 7. The molecule has 0 aliphatic carbocycles. The summed E-state index contributed by atoms with van der Waals surface area (Å²) in [5.74, 6) is 1.52. The standard InChI is InChI=1S/C20H21N3O5S/c24-19(13-29-20-16(23(25)26)4-1-8-21-20)22-9-2-5-15(22)14-6-7-17-18(12-14)28-11-3-10-27-17/h1,4,6-8,12,15H,2-3,5,9-11,13H2/t15-/m0/s1. The Hall–Kier alpha value is -2.81. The number of pyridine rings is 1. The van der Waals surface area contributed by atoms with E-state index in [1.54, 1.807) is 0 Å². The molecule has 1 aromatic carbocycles. The second-order valence-electron chi connectivity index (χ2n) is 6.88. The van der Waals surface area contributed by atoms with Crippen LogP contribution in [0.2, 0.25) is 0 Å². The van der Waals surface area contributed by atoms with Gasteiger partial charge in [0.15, 0.2) is 16.5 Å². The Morgan fingerprint density at radius 2 is 2.07 bits per heavy atom. The fraction of sp³-hybridized carbons (Fsp3) is 0.400. The number of likely N-dealkylation sites (tertiary alicyclic amines) is 1. The van der Waals surface area contributed by atoms with Crippen molar-refractivity contribution in [3.05, 3.63) is 52.2 Å². The number of carbonyl (C=O) groups excluding carboxylic acids is 1. The van der Waals surface area contributed by atoms with Crippen LogP contribution in [-0.4, -0.2) is 46.2 Å². The van der Waals surface area contributed by atoms with Crippen LogP contribution in [0, 0.1) is 10.1 Å². The molecule has 3 heterocycles. The minimum absolute atomic E-state index is 0.0287. The van der Waals surface area contributed by atoms with Gasteiger partial charge in [-0.3, -0.25) is 14.9 Å². The van der Waals surface area contributed by atoms with Crippen LogP contribution in [0.5, 0.6) is 11.5 Å². The van der Waals surface area contributed by atoms with Gasteiger partial charge in [0.2, 0.25) is 5.91 Å². The van der Waals surface area contributed by atoms with Crippen LogP contribution in [0.25, 0.3) is 0 Å². The maximum absolute atomic E-state index is 12.9. The molecule has 152 valence electrons. The van der Waals surface area contributed by atoms with Crippen molar-refractivity contribution < 1.29 is 19.2 Å². The van der Waals surface area contributed by atoms with Gasteiger partial charge in [0.1, 0.15) is 0 Å². The number of aromatic nitrogens is 1. The second-order valence-corrected chi connectivity index (χ2v) is 7.84. The second kappa shape index (κ2) is 8.69. The van der Waals surface area contributed by atoms with Gasteiger partial charge >= 0.3 is 5.69 Å². The molecule has 1 fully saturated rings. The zero-order chi connectivity index (χ0) is 20.2. The van der Waals surface area contributed by atoms with Crippen molar-refractivity contribution in [2.45, 2.75) is 30.3 Å². The molecule has 4 rings (SSSR count). The lowest BCUT2D eigenvalue weighted by molar-refractivity contribution is -0.388. The summed E-state index contributed by atoms with van der Waals surface area (Å²) in [6.45, 7) is 1.92. The van der Waals surface area contributed by atoms with Crippen LogP contribution in [0.1, 0.15) is 30.9 Å². The molecule has 2 aliphatic heterocycles. The molecule has 1 amide bonds. The van der Waals surface area contributed by atoms with Crippen LogP contribution >= 0.6 is 11.8 Å². The van der Waals surface area contributed by atoms with E-state index in [2.05, 4.69) is 4.98 Å². The molecule has 1 aromatic heterocycles. The van der Waals surface area contributed by atoms with Gasteiger partial charge in [0, 0.05) is 25.2 Å². The van der Waals surface area contributed by atoms with E-state index in [9.17, 15) is 14.9 Å². The summed E-state index contributed by atoms with van der Waals surface area (Å²) in [6.07, 6.45) is 4.13. The number of nitrogens with zero attached hydrogens (tertiary/aromatic N) is 3. The minimum atomic E-state index is -0.476. The van der Waals surface area contributed by atoms with Crippen molar-refractivity contribution in [1.29, 1.82) is 0 Å². The monoisotopic (exact) mass is 415 g/mol. The molecule has 0 spiro atoms. The van der Waals surface area contributed by atoms with E-state index >= 15 is 0 Å². The van der Waals surface area contributed by atoms with E-state index in [0.29, 0.717) is 19.8 Å². The van der Waals surface area contributed by atoms with Crippen LogP contribution in [0.4, 0.5) is 5.69 Å². The molecule has 0 bridgehead atoms. The van der Waals surface area contributed by atoms with Crippen molar-refractivity contribution in [3.8, 4) is 11.5 Å². The number of hydrogen-bond donors (Lipinski definition) is 0.